The molecule has 0 radical (unpaired) electrons. The van der Waals surface area contributed by atoms with E-state index in [4.69, 9.17) is 8.83 Å². The van der Waals surface area contributed by atoms with Gasteiger partial charge in [-0.2, -0.15) is 0 Å². The number of carbonyl (C=O) groups is 2. The second-order valence-electron chi connectivity index (χ2n) is 14.2. The summed E-state index contributed by atoms with van der Waals surface area (Å²) in [6, 6.07) is 41.0. The molecule has 0 spiro atoms. The van der Waals surface area contributed by atoms with Crippen molar-refractivity contribution >= 4 is 52.4 Å². The predicted molar refractivity (Wildman–Crippen MR) is 240 cm³/mol. The summed E-state index contributed by atoms with van der Waals surface area (Å²) in [6.07, 6.45) is 6.49. The Morgan fingerprint density at radius 3 is 1.97 bits per heavy atom. The molecule has 2 amide bonds. The largest absolute Gasteiger partial charge is 0.472 e. The van der Waals surface area contributed by atoms with Crippen LogP contribution in [0.1, 0.15) is 31.0 Å². The molecule has 2 atom stereocenters. The first-order valence-electron chi connectivity index (χ1n) is 19.6. The summed E-state index contributed by atoms with van der Waals surface area (Å²) in [5, 5.41) is 21.7. The van der Waals surface area contributed by atoms with Crippen molar-refractivity contribution in [3.63, 3.8) is 0 Å². The highest BCUT2D eigenvalue weighted by atomic mass is 32.2. The number of para-hydroxylation sites is 2. The molecule has 0 bridgehead atoms. The van der Waals surface area contributed by atoms with Gasteiger partial charge in [0.05, 0.1) is 53.9 Å². The second-order valence-corrected chi connectivity index (χ2v) is 16.5. The lowest BCUT2D eigenvalue weighted by Crippen LogP contribution is -2.43. The molecule has 8 aromatic rings. The van der Waals surface area contributed by atoms with Gasteiger partial charge in [-0.05, 0) is 73.5 Å². The Kier molecular flexibility index (Phi) is 12.8. The number of rotatable bonds is 17. The van der Waals surface area contributed by atoms with Gasteiger partial charge in [0.15, 0.2) is 22.0 Å². The molecule has 1 N–H and O–H groups in total. The number of amides is 2. The zero-order valence-electron chi connectivity index (χ0n) is 33.7. The van der Waals surface area contributed by atoms with E-state index in [1.165, 1.54) is 23.5 Å². The number of nitrogens with one attached hydrogen (secondary N) is 1. The Hall–Kier alpha value is -6.84. The van der Waals surface area contributed by atoms with Crippen LogP contribution < -0.4 is 15.1 Å². The van der Waals surface area contributed by atoms with Gasteiger partial charge in [-0.25, -0.2) is 0 Å². The van der Waals surface area contributed by atoms with Crippen LogP contribution in [-0.2, 0) is 16.1 Å². The van der Waals surface area contributed by atoms with E-state index in [9.17, 15) is 9.59 Å². The summed E-state index contributed by atoms with van der Waals surface area (Å²) in [5.74, 6) is 1.25. The topological polar surface area (TPSA) is 140 Å². The molecule has 15 heteroatoms. The average molecular weight is 850 g/mol. The number of hydrogen-bond acceptors (Lipinski definition) is 11. The van der Waals surface area contributed by atoms with Crippen molar-refractivity contribution in [1.29, 1.82) is 0 Å². The lowest BCUT2D eigenvalue weighted by atomic mass is 10.1. The molecule has 2 unspecified atom stereocenters. The van der Waals surface area contributed by atoms with Gasteiger partial charge in [-0.15, -0.1) is 20.4 Å². The Labute approximate surface area is 361 Å². The Morgan fingerprint density at radius 1 is 0.705 bits per heavy atom. The third-order valence-electron chi connectivity index (χ3n) is 10.0. The zero-order chi connectivity index (χ0) is 42.1. The molecule has 4 aromatic carbocycles. The highest BCUT2D eigenvalue weighted by Crippen LogP contribution is 2.34. The summed E-state index contributed by atoms with van der Waals surface area (Å²) >= 11 is 2.70. The number of furan rings is 2. The maximum absolute atomic E-state index is 14.5. The molecule has 0 saturated carbocycles. The minimum absolute atomic E-state index is 0.0756. The van der Waals surface area contributed by atoms with Crippen molar-refractivity contribution in [2.24, 2.45) is 0 Å². The summed E-state index contributed by atoms with van der Waals surface area (Å²) in [4.78, 5) is 31.2. The number of anilines is 3. The van der Waals surface area contributed by atoms with Gasteiger partial charge >= 0.3 is 0 Å². The second kappa shape index (κ2) is 19.0. The van der Waals surface area contributed by atoms with Crippen molar-refractivity contribution in [1.82, 2.24) is 29.5 Å². The lowest BCUT2D eigenvalue weighted by Gasteiger charge is -2.31. The van der Waals surface area contributed by atoms with Crippen molar-refractivity contribution in [3.8, 4) is 22.8 Å². The van der Waals surface area contributed by atoms with Crippen LogP contribution >= 0.6 is 23.5 Å². The zero-order valence-corrected chi connectivity index (χ0v) is 35.4. The van der Waals surface area contributed by atoms with Crippen LogP contribution in [0.15, 0.2) is 172 Å². The highest BCUT2D eigenvalue weighted by Gasteiger charge is 2.29. The molecule has 0 aliphatic rings. The third kappa shape index (κ3) is 9.64. The lowest BCUT2D eigenvalue weighted by molar-refractivity contribution is -0.118. The molecule has 0 aliphatic heterocycles. The Bertz CT molecular complexity index is 2640. The van der Waals surface area contributed by atoms with Crippen molar-refractivity contribution in [2.45, 2.75) is 42.0 Å². The molecule has 0 saturated heterocycles. The van der Waals surface area contributed by atoms with Crippen molar-refractivity contribution < 1.29 is 18.4 Å². The van der Waals surface area contributed by atoms with E-state index in [1.54, 1.807) is 30.0 Å². The van der Waals surface area contributed by atoms with Crippen LogP contribution in [0.2, 0.25) is 0 Å². The van der Waals surface area contributed by atoms with Crippen LogP contribution in [-0.4, -0.2) is 66.1 Å². The maximum Gasteiger partial charge on any atom is 0.241 e. The Balaban J connectivity index is 0.985. The predicted octanol–water partition coefficient (Wildman–Crippen LogP) is 9.39. The van der Waals surface area contributed by atoms with Gasteiger partial charge in [0.2, 0.25) is 11.8 Å². The molecule has 61 heavy (non-hydrogen) atoms. The van der Waals surface area contributed by atoms with E-state index in [1.807, 2.05) is 139 Å². The SMILES string of the molecule is CC(Sc1nnc(-c2ccoc2)n1C(C)c1ccccc1)C(=O)N(CN(C)c1ccc(Cn2c(SCC(=O)Nc3ccccc3)nnc2-c2ccoc2)cc1)c1ccccc1. The fourth-order valence-corrected chi connectivity index (χ4v) is 8.54. The normalized spacial score (nSPS) is 12.2. The number of benzene rings is 4. The van der Waals surface area contributed by atoms with Crippen LogP contribution in [0, 0.1) is 0 Å². The fraction of sp³-hybridized carbons (Fsp3) is 0.174. The molecule has 0 fully saturated rings. The van der Waals surface area contributed by atoms with Gasteiger partial charge in [-0.3, -0.25) is 23.6 Å². The first-order chi connectivity index (χ1) is 29.8. The van der Waals surface area contributed by atoms with Gasteiger partial charge in [0.25, 0.3) is 0 Å². The van der Waals surface area contributed by atoms with Crippen LogP contribution in [0.5, 0.6) is 0 Å². The minimum Gasteiger partial charge on any atom is -0.472 e. The van der Waals surface area contributed by atoms with Crippen LogP contribution in [0.4, 0.5) is 17.1 Å². The Morgan fingerprint density at radius 2 is 1.31 bits per heavy atom. The molecule has 4 heterocycles. The summed E-state index contributed by atoms with van der Waals surface area (Å²) in [5.41, 5.74) is 6.12. The quantitative estimate of drug-likeness (QED) is 0.0692. The number of aromatic nitrogens is 6. The maximum atomic E-state index is 14.5. The average Bonchev–Trinajstić information content (AvgIpc) is 4.14. The van der Waals surface area contributed by atoms with E-state index in [0.717, 1.165) is 39.3 Å². The summed E-state index contributed by atoms with van der Waals surface area (Å²) in [7, 11) is 1.97. The summed E-state index contributed by atoms with van der Waals surface area (Å²) in [6.45, 7) is 4.76. The molecule has 308 valence electrons. The van der Waals surface area contributed by atoms with E-state index in [-0.39, 0.29) is 23.6 Å². The molecule has 4 aromatic heterocycles. The highest BCUT2D eigenvalue weighted by molar-refractivity contribution is 8.00. The fourth-order valence-electron chi connectivity index (χ4n) is 6.81. The number of carbonyl (C=O) groups excluding carboxylic acids is 2. The van der Waals surface area contributed by atoms with E-state index < -0.39 is 5.25 Å². The number of hydrogen-bond donors (Lipinski definition) is 1. The van der Waals surface area contributed by atoms with E-state index >= 15 is 0 Å². The van der Waals surface area contributed by atoms with Crippen molar-refractivity contribution in [3.05, 3.63) is 164 Å². The number of nitrogens with zero attached hydrogens (tertiary/aromatic N) is 8. The van der Waals surface area contributed by atoms with Gasteiger partial charge in [-0.1, -0.05) is 102 Å². The third-order valence-corrected chi connectivity index (χ3v) is 12.0. The van der Waals surface area contributed by atoms with Gasteiger partial charge < -0.3 is 19.1 Å². The number of thioether (sulfide) groups is 2. The van der Waals surface area contributed by atoms with E-state index in [2.05, 4.69) is 49.3 Å². The van der Waals surface area contributed by atoms with Crippen molar-refractivity contribution in [2.75, 3.05) is 34.6 Å². The molecular formula is C46H43N9O4S2. The minimum atomic E-state index is -0.510. The molecule has 0 aliphatic carbocycles. The summed E-state index contributed by atoms with van der Waals surface area (Å²) < 4.78 is 14.8. The van der Waals surface area contributed by atoms with E-state index in [0.29, 0.717) is 35.2 Å². The van der Waals surface area contributed by atoms with Gasteiger partial charge in [0, 0.05) is 24.1 Å². The molecule has 13 nitrogen and oxygen atoms in total. The van der Waals surface area contributed by atoms with Gasteiger partial charge in [0.1, 0.15) is 12.5 Å². The first-order valence-corrected chi connectivity index (χ1v) is 21.5. The van der Waals surface area contributed by atoms with Crippen LogP contribution in [0.3, 0.4) is 0 Å². The molecule has 8 rings (SSSR count). The first kappa shape index (κ1) is 40.9. The monoisotopic (exact) mass is 849 g/mol. The smallest absolute Gasteiger partial charge is 0.241 e. The molecular weight excluding hydrogens is 807 g/mol. The van der Waals surface area contributed by atoms with Crippen LogP contribution in [0.25, 0.3) is 22.8 Å². The standard InChI is InChI=1S/C46H43N9O4S2/c1-32(35-13-7-4-8-14-35)55-43(37-24-26-59-29-37)49-51-46(55)61-33(2)44(57)54(40-17-11-6-12-18-40)31-52(3)39-21-19-34(20-22-39)27-53-42(36-23-25-58-28-36)48-50-45(53)60-30-41(56)47-38-15-9-5-10-16-38/h4-26,28-29,32-33H,27,30-31H2,1-3H3,(H,47,56).